The summed E-state index contributed by atoms with van der Waals surface area (Å²) < 4.78 is 1.50. The van der Waals surface area contributed by atoms with Gasteiger partial charge in [-0.15, -0.1) is 0 Å². The van der Waals surface area contributed by atoms with E-state index in [1.54, 1.807) is 12.3 Å². The Bertz CT molecular complexity index is 646. The number of aryl methyl sites for hydroxylation is 2. The van der Waals surface area contributed by atoms with Crippen molar-refractivity contribution in [2.24, 2.45) is 0 Å². The van der Waals surface area contributed by atoms with Crippen molar-refractivity contribution in [3.05, 3.63) is 57.5 Å². The van der Waals surface area contributed by atoms with E-state index < -0.39 is 0 Å². The van der Waals surface area contributed by atoms with Crippen molar-refractivity contribution in [1.29, 1.82) is 0 Å². The van der Waals surface area contributed by atoms with Gasteiger partial charge < -0.3 is 5.32 Å². The van der Waals surface area contributed by atoms with E-state index in [1.807, 2.05) is 0 Å². The normalized spacial score (nSPS) is 10.6. The maximum atomic E-state index is 12.1. The average Bonchev–Trinajstić information content (AvgIpc) is 2.43. The van der Waals surface area contributed by atoms with Gasteiger partial charge in [-0.2, -0.15) is 5.10 Å². The summed E-state index contributed by atoms with van der Waals surface area (Å²) >= 11 is 0. The molecule has 0 radical (unpaired) electrons. The molecule has 0 amide bonds. The first-order valence-corrected chi connectivity index (χ1v) is 6.97. The lowest BCUT2D eigenvalue weighted by Gasteiger charge is -2.10. The lowest BCUT2D eigenvalue weighted by atomic mass is 10.1. The molecule has 0 saturated heterocycles. The lowest BCUT2D eigenvalue weighted by molar-refractivity contribution is 0.637. The fraction of sp³-hybridized carbons (Fsp3) is 0.375. The number of nitrogens with one attached hydrogen (secondary N) is 1. The maximum Gasteiger partial charge on any atom is 0.269 e. The molecule has 2 aromatic rings. The smallest absolute Gasteiger partial charge is 0.269 e. The van der Waals surface area contributed by atoms with Gasteiger partial charge in [-0.3, -0.25) is 4.79 Å². The van der Waals surface area contributed by atoms with Gasteiger partial charge in [-0.1, -0.05) is 30.7 Å². The molecule has 1 N–H and O–H groups in total. The van der Waals surface area contributed by atoms with Gasteiger partial charge >= 0.3 is 0 Å². The zero-order chi connectivity index (χ0) is 14.5. The third kappa shape index (κ3) is 3.47. The van der Waals surface area contributed by atoms with E-state index in [-0.39, 0.29) is 5.56 Å². The first-order chi connectivity index (χ1) is 9.60. The summed E-state index contributed by atoms with van der Waals surface area (Å²) in [6, 6.07) is 7.86. The summed E-state index contributed by atoms with van der Waals surface area (Å²) in [7, 11) is 0. The van der Waals surface area contributed by atoms with E-state index in [2.05, 4.69) is 49.4 Å². The van der Waals surface area contributed by atoms with E-state index >= 15 is 0 Å². The molecule has 0 unspecified atom stereocenters. The summed E-state index contributed by atoms with van der Waals surface area (Å²) in [5.41, 5.74) is 4.22. The predicted molar refractivity (Wildman–Crippen MR) is 82.3 cm³/mol. The van der Waals surface area contributed by atoms with Crippen LogP contribution in [0.2, 0.25) is 0 Å². The Morgan fingerprint density at radius 2 is 2.05 bits per heavy atom. The second-order valence-corrected chi connectivity index (χ2v) is 5.10. The quantitative estimate of drug-likeness (QED) is 0.909. The molecule has 0 bridgehead atoms. The number of rotatable bonds is 5. The van der Waals surface area contributed by atoms with Crippen LogP contribution in [0.15, 0.2) is 35.3 Å². The Hall–Kier alpha value is -2.10. The van der Waals surface area contributed by atoms with Gasteiger partial charge in [0.25, 0.3) is 5.56 Å². The highest BCUT2D eigenvalue weighted by Gasteiger charge is 2.04. The summed E-state index contributed by atoms with van der Waals surface area (Å²) in [4.78, 5) is 12.1. The third-order valence-electron chi connectivity index (χ3n) is 3.27. The summed E-state index contributed by atoms with van der Waals surface area (Å²) in [6.07, 6.45) is 2.73. The molecule has 1 aromatic heterocycles. The summed E-state index contributed by atoms with van der Waals surface area (Å²) in [5, 5.41) is 7.41. The monoisotopic (exact) mass is 271 g/mol. The standard InChI is InChI=1S/C16H21N3O/c1-4-7-17-15-9-16(20)19(18-10-15)11-14-8-12(2)5-6-13(14)3/h5-6,8-10,17H,4,7,11H2,1-3H3. The highest BCUT2D eigenvalue weighted by Crippen LogP contribution is 2.11. The van der Waals surface area contributed by atoms with Gasteiger partial charge in [-0.25, -0.2) is 4.68 Å². The first kappa shape index (κ1) is 14.3. The van der Waals surface area contributed by atoms with Crippen molar-refractivity contribution in [1.82, 2.24) is 9.78 Å². The zero-order valence-corrected chi connectivity index (χ0v) is 12.3. The van der Waals surface area contributed by atoms with Crippen molar-refractivity contribution < 1.29 is 0 Å². The van der Waals surface area contributed by atoms with Crippen LogP contribution in [0.4, 0.5) is 5.69 Å². The molecule has 0 spiro atoms. The van der Waals surface area contributed by atoms with Crippen LogP contribution in [0, 0.1) is 13.8 Å². The van der Waals surface area contributed by atoms with E-state index in [0.29, 0.717) is 6.54 Å². The van der Waals surface area contributed by atoms with Crippen LogP contribution >= 0.6 is 0 Å². The zero-order valence-electron chi connectivity index (χ0n) is 12.3. The molecule has 0 aliphatic carbocycles. The van der Waals surface area contributed by atoms with Crippen molar-refractivity contribution in [3.8, 4) is 0 Å². The highest BCUT2D eigenvalue weighted by atomic mass is 16.1. The molecule has 0 aliphatic heterocycles. The van der Waals surface area contributed by atoms with Crippen LogP contribution in [-0.4, -0.2) is 16.3 Å². The second-order valence-electron chi connectivity index (χ2n) is 5.10. The van der Waals surface area contributed by atoms with Crippen molar-refractivity contribution in [2.45, 2.75) is 33.7 Å². The lowest BCUT2D eigenvalue weighted by Crippen LogP contribution is -2.23. The first-order valence-electron chi connectivity index (χ1n) is 6.97. The Kier molecular flexibility index (Phi) is 4.56. The van der Waals surface area contributed by atoms with Crippen LogP contribution in [0.25, 0.3) is 0 Å². The molecule has 0 atom stereocenters. The number of benzene rings is 1. The number of aromatic nitrogens is 2. The van der Waals surface area contributed by atoms with Crippen LogP contribution in [0.1, 0.15) is 30.0 Å². The predicted octanol–water partition coefficient (Wildman–Crippen LogP) is 2.73. The molecule has 0 fully saturated rings. The van der Waals surface area contributed by atoms with Gasteiger partial charge in [0.15, 0.2) is 0 Å². The Morgan fingerprint density at radius 3 is 2.75 bits per heavy atom. The van der Waals surface area contributed by atoms with E-state index in [0.717, 1.165) is 24.2 Å². The highest BCUT2D eigenvalue weighted by molar-refractivity contribution is 5.38. The van der Waals surface area contributed by atoms with Crippen LogP contribution in [-0.2, 0) is 6.54 Å². The third-order valence-corrected chi connectivity index (χ3v) is 3.27. The largest absolute Gasteiger partial charge is 0.384 e. The molecule has 106 valence electrons. The SMILES string of the molecule is CCCNc1cnn(Cc2cc(C)ccc2C)c(=O)c1. The van der Waals surface area contributed by atoms with Gasteiger partial charge in [0, 0.05) is 12.6 Å². The number of anilines is 1. The van der Waals surface area contributed by atoms with Gasteiger partial charge in [0.1, 0.15) is 0 Å². The molecular weight excluding hydrogens is 250 g/mol. The van der Waals surface area contributed by atoms with Gasteiger partial charge in [0.05, 0.1) is 18.4 Å². The molecule has 1 heterocycles. The van der Waals surface area contributed by atoms with E-state index in [9.17, 15) is 4.79 Å². The number of nitrogens with zero attached hydrogens (tertiary/aromatic N) is 2. The minimum Gasteiger partial charge on any atom is -0.384 e. The minimum absolute atomic E-state index is 0.0768. The molecule has 20 heavy (non-hydrogen) atoms. The number of hydrogen-bond donors (Lipinski definition) is 1. The molecular formula is C16H21N3O. The maximum absolute atomic E-state index is 12.1. The summed E-state index contributed by atoms with van der Waals surface area (Å²) in [6.45, 7) is 7.55. The molecule has 4 nitrogen and oxygen atoms in total. The van der Waals surface area contributed by atoms with Crippen LogP contribution in [0.3, 0.4) is 0 Å². The fourth-order valence-corrected chi connectivity index (χ4v) is 2.05. The van der Waals surface area contributed by atoms with Crippen LogP contribution in [0.5, 0.6) is 0 Å². The summed E-state index contributed by atoms with van der Waals surface area (Å²) in [5.74, 6) is 0. The van der Waals surface area contributed by atoms with E-state index in [4.69, 9.17) is 0 Å². The van der Waals surface area contributed by atoms with Gasteiger partial charge in [-0.05, 0) is 31.4 Å². The molecule has 0 aliphatic rings. The van der Waals surface area contributed by atoms with Crippen molar-refractivity contribution in [3.63, 3.8) is 0 Å². The molecule has 2 rings (SSSR count). The fourth-order valence-electron chi connectivity index (χ4n) is 2.05. The van der Waals surface area contributed by atoms with Gasteiger partial charge in [0.2, 0.25) is 0 Å². The minimum atomic E-state index is -0.0768. The Labute approximate surface area is 119 Å². The number of hydrogen-bond acceptors (Lipinski definition) is 3. The Balaban J connectivity index is 2.21. The van der Waals surface area contributed by atoms with E-state index in [1.165, 1.54) is 15.8 Å². The second kappa shape index (κ2) is 6.37. The topological polar surface area (TPSA) is 46.9 Å². The van der Waals surface area contributed by atoms with Crippen LogP contribution < -0.4 is 10.9 Å². The molecule has 0 saturated carbocycles. The average molecular weight is 271 g/mol. The molecule has 1 aromatic carbocycles. The van der Waals surface area contributed by atoms with Crippen molar-refractivity contribution >= 4 is 5.69 Å². The van der Waals surface area contributed by atoms with Crippen molar-refractivity contribution in [2.75, 3.05) is 11.9 Å². The Morgan fingerprint density at radius 1 is 1.25 bits per heavy atom. The molecule has 4 heteroatoms.